The van der Waals surface area contributed by atoms with Crippen LogP contribution in [0.5, 0.6) is 0 Å². The number of benzene rings is 1. The number of hydrogen-bond acceptors (Lipinski definition) is 2. The molecule has 0 unspecified atom stereocenters. The topological polar surface area (TPSA) is 58.2 Å². The lowest BCUT2D eigenvalue weighted by Crippen LogP contribution is -2.37. The predicted octanol–water partition coefficient (Wildman–Crippen LogP) is 2.28. The van der Waals surface area contributed by atoms with Crippen LogP contribution in [0.1, 0.15) is 26.7 Å². The van der Waals surface area contributed by atoms with Crippen molar-refractivity contribution >= 4 is 18.5 Å². The maximum absolute atomic E-state index is 12.3. The molecular formula is C13H21N2O2P. The van der Waals surface area contributed by atoms with Crippen LogP contribution in [0.15, 0.2) is 30.3 Å². The standard InChI is InChI=1S/C13H21N2O2P/c1-11(2)9-10-13(16)14-15-18(3,17)12-7-5-4-6-8-12/h4-8,11H,9-10H2,1-3H3,(H,14,16)(H,15,17)/t18-/m0/s1. The maximum atomic E-state index is 12.3. The maximum Gasteiger partial charge on any atom is 0.234 e. The van der Waals surface area contributed by atoms with Crippen molar-refractivity contribution in [3.05, 3.63) is 30.3 Å². The smallest absolute Gasteiger partial charge is 0.234 e. The molecule has 0 fully saturated rings. The molecule has 1 atom stereocenters. The number of hydrazine groups is 1. The lowest BCUT2D eigenvalue weighted by atomic mass is 10.1. The normalized spacial score (nSPS) is 14.2. The Morgan fingerprint density at radius 1 is 1.28 bits per heavy atom. The lowest BCUT2D eigenvalue weighted by Gasteiger charge is -2.16. The highest BCUT2D eigenvalue weighted by Gasteiger charge is 2.18. The van der Waals surface area contributed by atoms with Crippen LogP contribution in [0, 0.1) is 5.92 Å². The first-order valence-electron chi connectivity index (χ1n) is 6.11. The van der Waals surface area contributed by atoms with Gasteiger partial charge in [0.2, 0.25) is 5.91 Å². The van der Waals surface area contributed by atoms with Crippen molar-refractivity contribution in [3.63, 3.8) is 0 Å². The van der Waals surface area contributed by atoms with Gasteiger partial charge in [-0.25, -0.2) is 0 Å². The minimum atomic E-state index is -2.73. The van der Waals surface area contributed by atoms with E-state index < -0.39 is 7.29 Å². The van der Waals surface area contributed by atoms with Crippen LogP contribution in [0.4, 0.5) is 0 Å². The molecule has 5 heteroatoms. The minimum absolute atomic E-state index is 0.123. The number of carbonyl (C=O) groups excluding carboxylic acids is 1. The zero-order valence-electron chi connectivity index (χ0n) is 11.1. The molecule has 1 aromatic rings. The Kier molecular flexibility index (Phi) is 5.57. The molecule has 0 saturated heterocycles. The van der Waals surface area contributed by atoms with E-state index >= 15 is 0 Å². The monoisotopic (exact) mass is 268 g/mol. The van der Waals surface area contributed by atoms with Gasteiger partial charge in [0.25, 0.3) is 0 Å². The van der Waals surface area contributed by atoms with E-state index in [9.17, 15) is 9.36 Å². The van der Waals surface area contributed by atoms with Gasteiger partial charge in [0.1, 0.15) is 0 Å². The average molecular weight is 268 g/mol. The zero-order valence-corrected chi connectivity index (χ0v) is 12.0. The van der Waals surface area contributed by atoms with Crippen molar-refractivity contribution in [2.45, 2.75) is 26.7 Å². The highest BCUT2D eigenvalue weighted by Crippen LogP contribution is 2.33. The third-order valence-corrected chi connectivity index (χ3v) is 4.43. The Bertz CT molecular complexity index is 432. The van der Waals surface area contributed by atoms with E-state index in [1.807, 2.05) is 18.2 Å². The van der Waals surface area contributed by atoms with E-state index in [0.717, 1.165) is 6.42 Å². The fraction of sp³-hybridized carbons (Fsp3) is 0.462. The first-order chi connectivity index (χ1) is 8.42. The fourth-order valence-electron chi connectivity index (χ4n) is 1.43. The van der Waals surface area contributed by atoms with Crippen molar-refractivity contribution < 1.29 is 9.36 Å². The molecule has 0 aliphatic heterocycles. The SMILES string of the molecule is CC(C)CCC(=O)NN[P@@](C)(=O)c1ccccc1. The molecule has 0 saturated carbocycles. The van der Waals surface area contributed by atoms with Crippen LogP contribution >= 0.6 is 7.29 Å². The van der Waals surface area contributed by atoms with Gasteiger partial charge in [-0.15, -0.1) is 0 Å². The van der Waals surface area contributed by atoms with Crippen LogP contribution in [0.3, 0.4) is 0 Å². The van der Waals surface area contributed by atoms with Gasteiger partial charge in [-0.2, -0.15) is 5.20 Å². The van der Waals surface area contributed by atoms with Crippen LogP contribution in [0.25, 0.3) is 0 Å². The van der Waals surface area contributed by atoms with Gasteiger partial charge in [0.05, 0.1) is 0 Å². The van der Waals surface area contributed by atoms with Gasteiger partial charge in [-0.05, 0) is 12.3 Å². The van der Waals surface area contributed by atoms with Crippen molar-refractivity contribution in [2.75, 3.05) is 6.66 Å². The van der Waals surface area contributed by atoms with Gasteiger partial charge in [-0.1, -0.05) is 44.2 Å². The van der Waals surface area contributed by atoms with Crippen LogP contribution in [-0.2, 0) is 9.36 Å². The molecule has 2 N–H and O–H groups in total. The molecule has 100 valence electrons. The van der Waals surface area contributed by atoms with Crippen molar-refractivity contribution in [2.24, 2.45) is 5.92 Å². The summed E-state index contributed by atoms with van der Waals surface area (Å²) < 4.78 is 12.3. The third-order valence-electron chi connectivity index (χ3n) is 2.61. The van der Waals surface area contributed by atoms with Crippen LogP contribution < -0.4 is 15.9 Å². The number of hydrogen-bond donors (Lipinski definition) is 2. The second-order valence-corrected chi connectivity index (χ2v) is 7.44. The van der Waals surface area contributed by atoms with E-state index in [4.69, 9.17) is 0 Å². The Morgan fingerprint density at radius 2 is 1.89 bits per heavy atom. The molecule has 0 radical (unpaired) electrons. The molecule has 18 heavy (non-hydrogen) atoms. The third kappa shape index (κ3) is 5.03. The molecule has 0 heterocycles. The summed E-state index contributed by atoms with van der Waals surface area (Å²) >= 11 is 0. The molecule has 1 aromatic carbocycles. The number of rotatable bonds is 6. The van der Waals surface area contributed by atoms with Gasteiger partial charge >= 0.3 is 0 Å². The predicted molar refractivity (Wildman–Crippen MR) is 75.0 cm³/mol. The fourth-order valence-corrected chi connectivity index (χ4v) is 2.64. The van der Waals surface area contributed by atoms with Gasteiger partial charge in [-0.3, -0.25) is 10.2 Å². The van der Waals surface area contributed by atoms with Crippen molar-refractivity contribution in [1.82, 2.24) is 10.6 Å². The molecule has 1 amide bonds. The Balaban J connectivity index is 2.48. The Labute approximate surface area is 109 Å². The molecular weight excluding hydrogens is 247 g/mol. The second kappa shape index (κ2) is 6.72. The molecule has 1 rings (SSSR count). The molecule has 0 spiro atoms. The summed E-state index contributed by atoms with van der Waals surface area (Å²) in [5, 5.41) is 3.36. The highest BCUT2D eigenvalue weighted by molar-refractivity contribution is 7.68. The number of carbonyl (C=O) groups is 1. The molecule has 0 aromatic heterocycles. The zero-order chi connectivity index (χ0) is 13.6. The Morgan fingerprint density at radius 3 is 2.44 bits per heavy atom. The number of nitrogens with one attached hydrogen (secondary N) is 2. The highest BCUT2D eigenvalue weighted by atomic mass is 31.2. The van der Waals surface area contributed by atoms with E-state index in [2.05, 4.69) is 24.5 Å². The first kappa shape index (κ1) is 14.9. The van der Waals surface area contributed by atoms with Crippen molar-refractivity contribution in [1.29, 1.82) is 0 Å². The summed E-state index contributed by atoms with van der Waals surface area (Å²) in [6, 6.07) is 9.09. The van der Waals surface area contributed by atoms with Crippen LogP contribution in [0.2, 0.25) is 0 Å². The minimum Gasteiger partial charge on any atom is -0.300 e. The molecule has 0 aliphatic rings. The van der Waals surface area contributed by atoms with Crippen molar-refractivity contribution in [3.8, 4) is 0 Å². The van der Waals surface area contributed by atoms with Gasteiger partial charge in [0, 0.05) is 18.4 Å². The van der Waals surface area contributed by atoms with E-state index in [1.165, 1.54) is 0 Å². The molecule has 0 bridgehead atoms. The summed E-state index contributed by atoms with van der Waals surface area (Å²) in [4.78, 5) is 11.5. The molecule has 4 nitrogen and oxygen atoms in total. The average Bonchev–Trinajstić information content (AvgIpc) is 2.35. The molecule has 0 aliphatic carbocycles. The Hall–Kier alpha value is -1.12. The van der Waals surface area contributed by atoms with Gasteiger partial charge < -0.3 is 4.57 Å². The summed E-state index contributed by atoms with van der Waals surface area (Å²) in [6.07, 6.45) is 1.27. The van der Waals surface area contributed by atoms with Gasteiger partial charge in [0.15, 0.2) is 7.29 Å². The largest absolute Gasteiger partial charge is 0.300 e. The quantitative estimate of drug-likeness (QED) is 0.614. The van der Waals surface area contributed by atoms with E-state index in [1.54, 1.807) is 18.8 Å². The summed E-state index contributed by atoms with van der Waals surface area (Å²) in [5.41, 5.74) is 2.52. The first-order valence-corrected chi connectivity index (χ1v) is 8.26. The second-order valence-electron chi connectivity index (χ2n) is 4.85. The van der Waals surface area contributed by atoms with E-state index in [0.29, 0.717) is 17.6 Å². The van der Waals surface area contributed by atoms with Crippen LogP contribution in [-0.4, -0.2) is 12.6 Å². The summed E-state index contributed by atoms with van der Waals surface area (Å²) in [7, 11) is -2.73. The lowest BCUT2D eigenvalue weighted by molar-refractivity contribution is -0.121. The van der Waals surface area contributed by atoms with E-state index in [-0.39, 0.29) is 5.91 Å². The summed E-state index contributed by atoms with van der Waals surface area (Å²) in [5.74, 6) is 0.361. The summed E-state index contributed by atoms with van der Waals surface area (Å²) in [6.45, 7) is 5.73. The number of amides is 1.